The predicted molar refractivity (Wildman–Crippen MR) is 107 cm³/mol. The van der Waals surface area contributed by atoms with Crippen molar-refractivity contribution in [1.82, 2.24) is 19.9 Å². The van der Waals surface area contributed by atoms with E-state index in [1.165, 1.54) is 0 Å². The second-order valence-electron chi connectivity index (χ2n) is 6.40. The number of para-hydroxylation sites is 1. The number of aromatic nitrogens is 4. The lowest BCUT2D eigenvalue weighted by molar-refractivity contribution is 0.0472. The summed E-state index contributed by atoms with van der Waals surface area (Å²) in [5, 5.41) is 8.62. The van der Waals surface area contributed by atoms with Crippen LogP contribution in [0, 0.1) is 13.8 Å². The van der Waals surface area contributed by atoms with E-state index in [0.717, 1.165) is 11.3 Å². The average molecular weight is 409 g/mol. The number of hydrogen-bond acceptors (Lipinski definition) is 6. The van der Waals surface area contributed by atoms with Gasteiger partial charge < -0.3 is 9.26 Å². The summed E-state index contributed by atoms with van der Waals surface area (Å²) >= 11 is 6.47. The zero-order valence-electron chi connectivity index (χ0n) is 15.8. The average Bonchev–Trinajstić information content (AvgIpc) is 3.30. The predicted octanol–water partition coefficient (Wildman–Crippen LogP) is 4.55. The summed E-state index contributed by atoms with van der Waals surface area (Å²) in [6.07, 6.45) is 0. The minimum Gasteiger partial charge on any atom is -0.457 e. The molecule has 0 aliphatic rings. The molecular formula is C21H17ClN4O3. The van der Waals surface area contributed by atoms with Gasteiger partial charge in [-0.05, 0) is 50.2 Å². The molecule has 0 saturated carbocycles. The Hall–Kier alpha value is -3.45. The number of esters is 1. The lowest BCUT2D eigenvalue weighted by Crippen LogP contribution is -2.06. The molecule has 2 heterocycles. The molecule has 8 heteroatoms. The molecule has 146 valence electrons. The molecule has 29 heavy (non-hydrogen) atoms. The SMILES string of the molecule is Cc1noc(-c2ccc(C(=O)OCc3c(C)nn(-c4ccccc4)c3Cl)cc2)n1. The highest BCUT2D eigenvalue weighted by molar-refractivity contribution is 6.30. The molecule has 0 atom stereocenters. The van der Waals surface area contributed by atoms with Gasteiger partial charge in [-0.3, -0.25) is 0 Å². The summed E-state index contributed by atoms with van der Waals surface area (Å²) < 4.78 is 12.2. The molecule has 0 fully saturated rings. The van der Waals surface area contributed by atoms with Crippen molar-refractivity contribution in [3.8, 4) is 17.1 Å². The Morgan fingerprint density at radius 2 is 1.83 bits per heavy atom. The Morgan fingerprint density at radius 1 is 1.10 bits per heavy atom. The van der Waals surface area contributed by atoms with Gasteiger partial charge in [-0.25, -0.2) is 9.48 Å². The number of ether oxygens (including phenoxy) is 1. The van der Waals surface area contributed by atoms with Crippen LogP contribution in [0.4, 0.5) is 0 Å². The highest BCUT2D eigenvalue weighted by Gasteiger charge is 2.17. The molecule has 4 rings (SSSR count). The molecule has 2 aromatic carbocycles. The van der Waals surface area contributed by atoms with Gasteiger partial charge in [-0.15, -0.1) is 0 Å². The monoisotopic (exact) mass is 408 g/mol. The maximum absolute atomic E-state index is 12.4. The van der Waals surface area contributed by atoms with E-state index >= 15 is 0 Å². The van der Waals surface area contributed by atoms with Crippen molar-refractivity contribution in [2.24, 2.45) is 0 Å². The number of nitrogens with zero attached hydrogens (tertiary/aromatic N) is 4. The molecular weight excluding hydrogens is 392 g/mol. The molecule has 0 aliphatic heterocycles. The molecule has 0 unspecified atom stereocenters. The van der Waals surface area contributed by atoms with Crippen LogP contribution in [0.5, 0.6) is 0 Å². The Balaban J connectivity index is 1.47. The molecule has 0 bridgehead atoms. The van der Waals surface area contributed by atoms with Crippen molar-refractivity contribution in [2.75, 3.05) is 0 Å². The maximum Gasteiger partial charge on any atom is 0.338 e. The minimum absolute atomic E-state index is 0.0287. The second kappa shape index (κ2) is 7.89. The number of carbonyl (C=O) groups excluding carboxylic acids is 1. The molecule has 4 aromatic rings. The van der Waals surface area contributed by atoms with Gasteiger partial charge in [0.1, 0.15) is 11.8 Å². The van der Waals surface area contributed by atoms with E-state index in [1.54, 1.807) is 35.9 Å². The second-order valence-corrected chi connectivity index (χ2v) is 6.76. The van der Waals surface area contributed by atoms with E-state index in [2.05, 4.69) is 15.2 Å². The highest BCUT2D eigenvalue weighted by Crippen LogP contribution is 2.25. The fourth-order valence-electron chi connectivity index (χ4n) is 2.82. The van der Waals surface area contributed by atoms with Crippen molar-refractivity contribution in [2.45, 2.75) is 20.5 Å². The maximum atomic E-state index is 12.4. The highest BCUT2D eigenvalue weighted by atomic mass is 35.5. The fourth-order valence-corrected chi connectivity index (χ4v) is 3.15. The van der Waals surface area contributed by atoms with Gasteiger partial charge in [0.25, 0.3) is 5.89 Å². The van der Waals surface area contributed by atoms with E-state index in [0.29, 0.717) is 33.7 Å². The van der Waals surface area contributed by atoms with Crippen LogP contribution in [0.1, 0.15) is 27.4 Å². The van der Waals surface area contributed by atoms with Gasteiger partial charge in [0.2, 0.25) is 0 Å². The standard InChI is InChI=1S/C21H17ClN4O3/c1-13-18(19(22)26(24-13)17-6-4-3-5-7-17)12-28-21(27)16-10-8-15(9-11-16)20-23-14(2)25-29-20/h3-11H,12H2,1-2H3. The van der Waals surface area contributed by atoms with Gasteiger partial charge in [0.15, 0.2) is 5.82 Å². The molecule has 0 aliphatic carbocycles. The lowest BCUT2D eigenvalue weighted by atomic mass is 10.1. The summed E-state index contributed by atoms with van der Waals surface area (Å²) in [7, 11) is 0. The van der Waals surface area contributed by atoms with Crippen molar-refractivity contribution < 1.29 is 14.1 Å². The van der Waals surface area contributed by atoms with Crippen LogP contribution in [0.25, 0.3) is 17.1 Å². The number of hydrogen-bond donors (Lipinski definition) is 0. The molecule has 0 saturated heterocycles. The van der Waals surface area contributed by atoms with Crippen molar-refractivity contribution in [3.05, 3.63) is 82.4 Å². The zero-order valence-corrected chi connectivity index (χ0v) is 16.6. The van der Waals surface area contributed by atoms with Crippen LogP contribution in [0.3, 0.4) is 0 Å². The fraction of sp³-hybridized carbons (Fsp3) is 0.143. The van der Waals surface area contributed by atoms with E-state index < -0.39 is 5.97 Å². The minimum atomic E-state index is -0.457. The third-order valence-corrected chi connectivity index (χ3v) is 4.75. The number of benzene rings is 2. The quantitative estimate of drug-likeness (QED) is 0.450. The summed E-state index contributed by atoms with van der Waals surface area (Å²) in [6.45, 7) is 3.60. The third-order valence-electron chi connectivity index (χ3n) is 4.37. The lowest BCUT2D eigenvalue weighted by Gasteiger charge is -2.06. The van der Waals surface area contributed by atoms with E-state index in [-0.39, 0.29) is 6.61 Å². The number of halogens is 1. The van der Waals surface area contributed by atoms with Crippen LogP contribution in [0.15, 0.2) is 59.1 Å². The van der Waals surface area contributed by atoms with Crippen molar-refractivity contribution >= 4 is 17.6 Å². The summed E-state index contributed by atoms with van der Waals surface area (Å²) in [5.74, 6) is 0.492. The topological polar surface area (TPSA) is 83.0 Å². The van der Waals surface area contributed by atoms with Gasteiger partial charge >= 0.3 is 5.97 Å². The first kappa shape index (κ1) is 18.9. The molecule has 0 amide bonds. The molecule has 2 aromatic heterocycles. The molecule has 7 nitrogen and oxygen atoms in total. The largest absolute Gasteiger partial charge is 0.457 e. The number of aryl methyl sites for hydroxylation is 2. The first-order valence-corrected chi connectivity index (χ1v) is 9.28. The molecule has 0 spiro atoms. The van der Waals surface area contributed by atoms with E-state index in [4.69, 9.17) is 20.9 Å². The Bertz CT molecular complexity index is 1150. The Labute approximate surface area is 171 Å². The van der Waals surface area contributed by atoms with E-state index in [1.807, 2.05) is 37.3 Å². The number of carbonyl (C=O) groups is 1. The van der Waals surface area contributed by atoms with Crippen LogP contribution >= 0.6 is 11.6 Å². The smallest absolute Gasteiger partial charge is 0.338 e. The molecule has 0 N–H and O–H groups in total. The Kier molecular flexibility index (Phi) is 5.14. The van der Waals surface area contributed by atoms with Gasteiger partial charge in [0.05, 0.1) is 16.9 Å². The van der Waals surface area contributed by atoms with Crippen LogP contribution in [-0.4, -0.2) is 25.9 Å². The normalized spacial score (nSPS) is 10.9. The van der Waals surface area contributed by atoms with Crippen LogP contribution in [-0.2, 0) is 11.3 Å². The third kappa shape index (κ3) is 3.90. The summed E-state index contributed by atoms with van der Waals surface area (Å²) in [4.78, 5) is 16.6. The van der Waals surface area contributed by atoms with E-state index in [9.17, 15) is 4.79 Å². The summed E-state index contributed by atoms with van der Waals surface area (Å²) in [6, 6.07) is 16.3. The Morgan fingerprint density at radius 3 is 2.48 bits per heavy atom. The molecule has 0 radical (unpaired) electrons. The van der Waals surface area contributed by atoms with Crippen LogP contribution < -0.4 is 0 Å². The zero-order chi connectivity index (χ0) is 20.4. The van der Waals surface area contributed by atoms with Crippen molar-refractivity contribution in [3.63, 3.8) is 0 Å². The van der Waals surface area contributed by atoms with Gasteiger partial charge in [-0.1, -0.05) is 35.0 Å². The van der Waals surface area contributed by atoms with Gasteiger partial charge in [-0.2, -0.15) is 10.1 Å². The number of rotatable bonds is 5. The first-order chi connectivity index (χ1) is 14.0. The summed E-state index contributed by atoms with van der Waals surface area (Å²) in [5.41, 5.74) is 3.35. The van der Waals surface area contributed by atoms with Gasteiger partial charge in [0, 0.05) is 11.1 Å². The van der Waals surface area contributed by atoms with Crippen LogP contribution in [0.2, 0.25) is 5.15 Å². The first-order valence-electron chi connectivity index (χ1n) is 8.90. The van der Waals surface area contributed by atoms with Crippen molar-refractivity contribution in [1.29, 1.82) is 0 Å².